The molecule has 1 aromatic heterocycles. The molecule has 0 saturated carbocycles. The number of pyridine rings is 1. The highest BCUT2D eigenvalue weighted by Gasteiger charge is 2.23. The molecule has 14 nitrogen and oxygen atoms in total. The second kappa shape index (κ2) is 22.7. The predicted molar refractivity (Wildman–Crippen MR) is 201 cm³/mol. The minimum absolute atomic E-state index is 0.0168. The number of ether oxygens (including phenoxy) is 3. The minimum atomic E-state index is -0.940. The van der Waals surface area contributed by atoms with E-state index in [9.17, 15) is 34.6 Å². The number of non-ortho nitro benzene ring substituents is 1. The molecule has 0 spiro atoms. The van der Waals surface area contributed by atoms with Gasteiger partial charge in [-0.1, -0.05) is 5.92 Å². The van der Waals surface area contributed by atoms with E-state index in [0.29, 0.717) is 17.9 Å². The van der Waals surface area contributed by atoms with Crippen molar-refractivity contribution in [3.8, 4) is 118 Å². The van der Waals surface area contributed by atoms with Crippen LogP contribution in [0, 0.1) is 134 Å². The summed E-state index contributed by atoms with van der Waals surface area (Å²) in [6.07, 6.45) is 3.72. The van der Waals surface area contributed by atoms with Gasteiger partial charge in [0.1, 0.15) is 11.7 Å². The van der Waals surface area contributed by atoms with E-state index in [2.05, 4.69) is 112 Å². The lowest BCUT2D eigenvalue weighted by atomic mass is 10.1. The zero-order valence-electron chi connectivity index (χ0n) is 29.4. The summed E-state index contributed by atoms with van der Waals surface area (Å²) in [6.45, 7) is 6.95. The maximum Gasteiger partial charge on any atom is 0.343 e. The number of nitrogens with zero attached hydrogens (tertiary/aromatic N) is 2. The Morgan fingerprint density at radius 1 is 0.745 bits per heavy atom. The van der Waals surface area contributed by atoms with Gasteiger partial charge < -0.3 is 24.9 Å². The van der Waals surface area contributed by atoms with Gasteiger partial charge in [0.25, 0.3) is 11.4 Å². The van der Waals surface area contributed by atoms with Crippen molar-refractivity contribution in [1.29, 1.82) is 0 Å². The number of carbonyl (C=O) groups excluding carboxylic acids is 2. The van der Waals surface area contributed by atoms with Crippen molar-refractivity contribution in [3.63, 3.8) is 0 Å². The van der Waals surface area contributed by atoms with Crippen LogP contribution in [0.2, 0.25) is 0 Å². The molecule has 14 heteroatoms. The number of rotatable bonds is 8. The summed E-state index contributed by atoms with van der Waals surface area (Å²) in [7, 11) is 0. The van der Waals surface area contributed by atoms with Gasteiger partial charge in [0.2, 0.25) is 11.3 Å². The van der Waals surface area contributed by atoms with E-state index in [4.69, 9.17) is 19.9 Å². The van der Waals surface area contributed by atoms with E-state index in [1.54, 1.807) is 26.8 Å². The Labute approximate surface area is 314 Å². The molecule has 0 aliphatic rings. The van der Waals surface area contributed by atoms with Gasteiger partial charge in [0, 0.05) is 71.3 Å². The number of hydrogen-bond acceptors (Lipinski definition) is 10. The number of fused-ring (bicyclic) bond motifs is 1. The van der Waals surface area contributed by atoms with E-state index in [1.807, 2.05) is 0 Å². The molecule has 0 atom stereocenters. The smallest absolute Gasteiger partial charge is 0.343 e. The van der Waals surface area contributed by atoms with Crippen LogP contribution in [0.4, 0.5) is 11.4 Å². The van der Waals surface area contributed by atoms with Gasteiger partial charge in [-0.05, 0) is 81.1 Å². The number of nitro groups is 2. The molecule has 3 N–H and O–H groups in total. The molecule has 0 aliphatic carbocycles. The van der Waals surface area contributed by atoms with Crippen LogP contribution >= 0.6 is 0 Å². The van der Waals surface area contributed by atoms with Crippen molar-refractivity contribution in [2.45, 2.75) is 27.7 Å². The first kappa shape index (κ1) is 42.2. The van der Waals surface area contributed by atoms with Crippen molar-refractivity contribution in [2.24, 2.45) is 5.73 Å². The molecule has 0 unspecified atom stereocenters. The molecular weight excluding hydrogens is 708 g/mol. The number of hydrogen-bond donors (Lipinski definition) is 2. The molecule has 2 aromatic carbocycles. The average Bonchev–Trinajstić information content (AvgIpc) is 3.15. The molecule has 1 heterocycles. The molecule has 1 amide bonds. The number of nitrogens with two attached hydrogens (primary N) is 1. The number of H-pyrrole nitrogens is 1. The maximum absolute atomic E-state index is 12.8. The lowest BCUT2D eigenvalue weighted by Gasteiger charge is -2.10. The van der Waals surface area contributed by atoms with Crippen molar-refractivity contribution < 1.29 is 33.6 Å². The molecule has 3 aromatic rings. The van der Waals surface area contributed by atoms with Gasteiger partial charge in [-0.3, -0.25) is 29.8 Å². The third-order valence-electron chi connectivity index (χ3n) is 6.05. The molecule has 0 aliphatic heterocycles. The fraction of sp³-hybridized carbons (Fsp3) is 0.146. The van der Waals surface area contributed by atoms with Gasteiger partial charge in [-0.25, -0.2) is 4.79 Å². The molecule has 55 heavy (non-hydrogen) atoms. The normalized spacial score (nSPS) is 8.15. The van der Waals surface area contributed by atoms with Crippen LogP contribution in [0.5, 0.6) is 11.5 Å². The molecular formula is C41H24N4O10. The van der Waals surface area contributed by atoms with Crippen LogP contribution in [0.15, 0.2) is 35.3 Å². The summed E-state index contributed by atoms with van der Waals surface area (Å²) >= 11 is 0. The average molecular weight is 733 g/mol. The number of carbonyl (C=O) groups is 2. The Morgan fingerprint density at radius 3 is 1.76 bits per heavy atom. The third-order valence-corrected chi connectivity index (χ3v) is 6.05. The summed E-state index contributed by atoms with van der Waals surface area (Å²) in [5.74, 6) is 41.6. The Bertz CT molecular complexity index is 2680. The second-order valence-electron chi connectivity index (χ2n) is 9.50. The van der Waals surface area contributed by atoms with Gasteiger partial charge in [0.05, 0.1) is 45.6 Å². The lowest BCUT2D eigenvalue weighted by molar-refractivity contribution is -0.394. The monoisotopic (exact) mass is 732 g/mol. The largest absolute Gasteiger partial charge is 0.490 e. The summed E-state index contributed by atoms with van der Waals surface area (Å²) in [6, 6.07) is 4.74. The van der Waals surface area contributed by atoms with Gasteiger partial charge in [-0.15, -0.1) is 0 Å². The predicted octanol–water partition coefficient (Wildman–Crippen LogP) is 3.40. The zero-order valence-corrected chi connectivity index (χ0v) is 29.4. The molecule has 0 fully saturated rings. The van der Waals surface area contributed by atoms with Crippen LogP contribution in [0.3, 0.4) is 0 Å². The minimum Gasteiger partial charge on any atom is -0.490 e. The number of aromatic nitrogens is 1. The molecule has 0 bridgehead atoms. The Kier molecular flexibility index (Phi) is 17.4. The summed E-state index contributed by atoms with van der Waals surface area (Å²) in [4.78, 5) is 58.1. The van der Waals surface area contributed by atoms with Crippen molar-refractivity contribution in [2.75, 3.05) is 13.2 Å². The van der Waals surface area contributed by atoms with Crippen molar-refractivity contribution >= 4 is 34.2 Å². The van der Waals surface area contributed by atoms with E-state index >= 15 is 0 Å². The summed E-state index contributed by atoms with van der Waals surface area (Å²) in [5.41, 5.74) is 3.56. The van der Waals surface area contributed by atoms with Gasteiger partial charge in [-0.2, -0.15) is 0 Å². The highest BCUT2D eigenvalue weighted by molar-refractivity contribution is 5.96. The molecule has 3 rings (SSSR count). The highest BCUT2D eigenvalue weighted by atomic mass is 16.6. The number of nitrogens with one attached hydrogen (secondary N) is 1. The van der Waals surface area contributed by atoms with Gasteiger partial charge in [0.15, 0.2) is 11.5 Å². The van der Waals surface area contributed by atoms with Crippen molar-refractivity contribution in [3.05, 3.63) is 77.6 Å². The SMILES string of the molecule is CC#CC#CC#CC#CC#CC#CC#CC#CC#COc1cc2c(=O)c(C(=O)OCC)c[nH]c2cc1OCC.Cc1c(C(N)=O)cc([N+](=O)[O-])cc1[N+](=O)[O-]. The Hall–Kier alpha value is -8.97. The number of nitro benzene ring substituents is 2. The first-order valence-electron chi connectivity index (χ1n) is 15.3. The summed E-state index contributed by atoms with van der Waals surface area (Å²) < 4.78 is 15.9. The van der Waals surface area contributed by atoms with Crippen LogP contribution in [-0.2, 0) is 4.74 Å². The quantitative estimate of drug-likeness (QED) is 0.149. The molecule has 0 radical (unpaired) electrons. The highest BCUT2D eigenvalue weighted by Crippen LogP contribution is 2.31. The van der Waals surface area contributed by atoms with E-state index in [-0.39, 0.29) is 34.4 Å². The first-order valence-corrected chi connectivity index (χ1v) is 15.3. The number of amides is 1. The topological polar surface area (TPSA) is 207 Å². The van der Waals surface area contributed by atoms with Crippen molar-refractivity contribution in [1.82, 2.24) is 4.98 Å². The second-order valence-corrected chi connectivity index (χ2v) is 9.50. The molecule has 0 saturated heterocycles. The van der Waals surface area contributed by atoms with Crippen LogP contribution < -0.4 is 20.6 Å². The number of benzene rings is 2. The number of primary amides is 1. The Balaban J connectivity index is 0.000000543. The van der Waals surface area contributed by atoms with E-state index in [1.165, 1.54) is 19.2 Å². The van der Waals surface area contributed by atoms with E-state index < -0.39 is 38.5 Å². The van der Waals surface area contributed by atoms with Crippen LogP contribution in [0.25, 0.3) is 10.9 Å². The lowest BCUT2D eigenvalue weighted by Crippen LogP contribution is -2.18. The number of aromatic amines is 1. The first-order chi connectivity index (χ1) is 26.5. The molecule has 268 valence electrons. The zero-order chi connectivity index (χ0) is 40.6. The summed E-state index contributed by atoms with van der Waals surface area (Å²) in [5, 5.41) is 21.3. The fourth-order valence-corrected chi connectivity index (χ4v) is 3.78. The van der Waals surface area contributed by atoms with Gasteiger partial charge >= 0.3 is 5.97 Å². The number of esters is 1. The van der Waals surface area contributed by atoms with E-state index in [0.717, 1.165) is 12.1 Å². The fourth-order valence-electron chi connectivity index (χ4n) is 3.78. The van der Waals surface area contributed by atoms with Crippen LogP contribution in [0.1, 0.15) is 47.1 Å². The standard InChI is InChI=1S/C33H17NO5.C8H7N3O5/c1-4-7-8-9-10-11-12-13-14-15-16-17-18-19-20-21-22-23-39-30-24-27-29(25-31(30)37-5-2)34-26-28(32(27)35)33(36)38-6-3;1-4-6(8(9)12)2-5(10(13)14)3-7(4)11(15)16/h24-26H,5-6H2,1-3H3,(H,34,35);2-3H,1H3,(H2,9,12). The van der Waals surface area contributed by atoms with Crippen LogP contribution in [-0.4, -0.2) is 39.9 Å². The third kappa shape index (κ3) is 13.7. The maximum atomic E-state index is 12.8. The Morgan fingerprint density at radius 2 is 1.29 bits per heavy atom.